The number of piperidine rings is 1. The number of amides is 1. The van der Waals surface area contributed by atoms with Crippen molar-refractivity contribution in [2.75, 3.05) is 25.5 Å². The first-order valence-corrected chi connectivity index (χ1v) is 13.2. The van der Waals surface area contributed by atoms with E-state index < -0.39 is 17.6 Å². The summed E-state index contributed by atoms with van der Waals surface area (Å²) >= 11 is 0. The molecule has 1 fully saturated rings. The summed E-state index contributed by atoms with van der Waals surface area (Å²) < 4.78 is 41.3. The quantitative estimate of drug-likeness (QED) is 0.299. The standard InChI is InChI=1S/C31H30F3N5O/c1-20-5-6-27(17-23(20)18-29-36-11-7-28(38-29)22-4-3-10-35-19-22)37-30(40)25-14-24(15-26(16-25)31(32,33)34)21-8-12-39(2)13-9-21/h3-7,10-11,14-17,19,21H,8-9,12-13,18H2,1-2H3,(H,37,40). The van der Waals surface area contributed by atoms with Gasteiger partial charge in [-0.1, -0.05) is 6.07 Å². The lowest BCUT2D eigenvalue weighted by molar-refractivity contribution is -0.137. The first-order chi connectivity index (χ1) is 19.2. The molecule has 1 saturated heterocycles. The van der Waals surface area contributed by atoms with Crippen molar-refractivity contribution in [3.63, 3.8) is 0 Å². The SMILES string of the molecule is Cc1ccc(NC(=O)c2cc(C3CCN(C)CC3)cc(C(F)(F)F)c2)cc1Cc1nccc(-c2cccnc2)n1. The zero-order valence-corrected chi connectivity index (χ0v) is 22.4. The van der Waals surface area contributed by atoms with E-state index in [-0.39, 0.29) is 11.5 Å². The van der Waals surface area contributed by atoms with Gasteiger partial charge in [0.2, 0.25) is 0 Å². The van der Waals surface area contributed by atoms with Crippen molar-refractivity contribution in [3.8, 4) is 11.3 Å². The van der Waals surface area contributed by atoms with Crippen molar-refractivity contribution < 1.29 is 18.0 Å². The van der Waals surface area contributed by atoms with E-state index in [0.29, 0.717) is 23.5 Å². The van der Waals surface area contributed by atoms with Crippen LogP contribution in [0.4, 0.5) is 18.9 Å². The molecule has 5 rings (SSSR count). The maximum Gasteiger partial charge on any atom is 0.416 e. The highest BCUT2D eigenvalue weighted by Crippen LogP contribution is 2.35. The average molecular weight is 546 g/mol. The van der Waals surface area contributed by atoms with E-state index in [9.17, 15) is 18.0 Å². The van der Waals surface area contributed by atoms with Crippen LogP contribution >= 0.6 is 0 Å². The number of anilines is 1. The third kappa shape index (κ3) is 6.54. The minimum atomic E-state index is -4.54. The molecule has 2 aromatic carbocycles. The number of hydrogen-bond donors (Lipinski definition) is 1. The molecule has 2 aromatic heterocycles. The van der Waals surface area contributed by atoms with E-state index in [2.05, 4.69) is 25.2 Å². The fourth-order valence-corrected chi connectivity index (χ4v) is 5.00. The van der Waals surface area contributed by atoms with Crippen LogP contribution in [0.1, 0.15) is 57.2 Å². The van der Waals surface area contributed by atoms with Crippen LogP contribution in [-0.4, -0.2) is 45.9 Å². The first-order valence-electron chi connectivity index (χ1n) is 13.2. The van der Waals surface area contributed by atoms with Gasteiger partial charge in [-0.05, 0) is 111 Å². The molecule has 1 amide bonds. The lowest BCUT2D eigenvalue weighted by Gasteiger charge is -2.29. The Balaban J connectivity index is 1.37. The predicted octanol–water partition coefficient (Wildman–Crippen LogP) is 6.52. The topological polar surface area (TPSA) is 71.0 Å². The Morgan fingerprint density at radius 1 is 1.05 bits per heavy atom. The Bertz CT molecular complexity index is 1500. The number of carbonyl (C=O) groups is 1. The van der Waals surface area contributed by atoms with E-state index in [1.807, 2.05) is 44.3 Å². The summed E-state index contributed by atoms with van der Waals surface area (Å²) in [4.78, 5) is 28.6. The molecule has 4 aromatic rings. The van der Waals surface area contributed by atoms with Gasteiger partial charge < -0.3 is 10.2 Å². The van der Waals surface area contributed by atoms with Gasteiger partial charge in [0, 0.05) is 41.8 Å². The van der Waals surface area contributed by atoms with Crippen LogP contribution in [0, 0.1) is 6.92 Å². The molecule has 40 heavy (non-hydrogen) atoms. The normalized spacial score (nSPS) is 14.7. The monoisotopic (exact) mass is 545 g/mol. The molecule has 206 valence electrons. The zero-order chi connectivity index (χ0) is 28.3. The van der Waals surface area contributed by atoms with Gasteiger partial charge in [0.05, 0.1) is 11.3 Å². The number of rotatable bonds is 6. The zero-order valence-electron chi connectivity index (χ0n) is 22.4. The Hall–Kier alpha value is -4.11. The molecule has 0 unspecified atom stereocenters. The molecule has 0 saturated carbocycles. The molecule has 0 spiro atoms. The summed E-state index contributed by atoms with van der Waals surface area (Å²) in [6.07, 6.45) is 2.52. The largest absolute Gasteiger partial charge is 0.416 e. The van der Waals surface area contributed by atoms with Crippen molar-refractivity contribution in [1.82, 2.24) is 19.9 Å². The summed E-state index contributed by atoms with van der Waals surface area (Å²) in [7, 11) is 2.00. The van der Waals surface area contributed by atoms with Crippen molar-refractivity contribution in [2.45, 2.75) is 38.3 Å². The average Bonchev–Trinajstić information content (AvgIpc) is 2.95. The van der Waals surface area contributed by atoms with Gasteiger partial charge in [-0.3, -0.25) is 9.78 Å². The summed E-state index contributed by atoms with van der Waals surface area (Å²) in [6.45, 7) is 3.57. The summed E-state index contributed by atoms with van der Waals surface area (Å²) in [5.41, 5.74) is 3.77. The number of halogens is 3. The number of pyridine rings is 1. The molecular formula is C31H30F3N5O. The fraction of sp³-hybridized carbons (Fsp3) is 0.290. The number of aryl methyl sites for hydroxylation is 1. The Kier molecular flexibility index (Phi) is 7.93. The van der Waals surface area contributed by atoms with Gasteiger partial charge >= 0.3 is 6.18 Å². The highest BCUT2D eigenvalue weighted by atomic mass is 19.4. The van der Waals surface area contributed by atoms with Crippen molar-refractivity contribution in [1.29, 1.82) is 0 Å². The van der Waals surface area contributed by atoms with Crippen molar-refractivity contribution in [3.05, 3.63) is 107 Å². The van der Waals surface area contributed by atoms with Crippen molar-refractivity contribution >= 4 is 11.6 Å². The molecule has 1 N–H and O–H groups in total. The van der Waals surface area contributed by atoms with Crippen LogP contribution in [-0.2, 0) is 12.6 Å². The summed E-state index contributed by atoms with van der Waals surface area (Å²) in [5.74, 6) is 0.0111. The molecule has 6 nitrogen and oxygen atoms in total. The fourth-order valence-electron chi connectivity index (χ4n) is 5.00. The maximum absolute atomic E-state index is 13.8. The first kappa shape index (κ1) is 27.5. The highest BCUT2D eigenvalue weighted by Gasteiger charge is 2.33. The van der Waals surface area contributed by atoms with E-state index in [1.165, 1.54) is 6.07 Å². The third-order valence-electron chi connectivity index (χ3n) is 7.35. The number of hydrogen-bond acceptors (Lipinski definition) is 5. The maximum atomic E-state index is 13.8. The van der Waals surface area contributed by atoms with Crippen molar-refractivity contribution in [2.24, 2.45) is 0 Å². The van der Waals surface area contributed by atoms with E-state index in [1.54, 1.807) is 30.7 Å². The number of alkyl halides is 3. The second kappa shape index (κ2) is 11.6. The van der Waals surface area contributed by atoms with Crippen LogP contribution in [0.5, 0.6) is 0 Å². The minimum Gasteiger partial charge on any atom is -0.322 e. The number of nitrogens with zero attached hydrogens (tertiary/aromatic N) is 4. The lowest BCUT2D eigenvalue weighted by Crippen LogP contribution is -2.29. The van der Waals surface area contributed by atoms with Gasteiger partial charge in [0.1, 0.15) is 5.82 Å². The molecule has 1 aliphatic rings. The van der Waals surface area contributed by atoms with Crippen LogP contribution in [0.15, 0.2) is 73.2 Å². The predicted molar refractivity (Wildman–Crippen MR) is 148 cm³/mol. The molecule has 3 heterocycles. The van der Waals surface area contributed by atoms with Crippen LogP contribution in [0.2, 0.25) is 0 Å². The molecule has 0 atom stereocenters. The third-order valence-corrected chi connectivity index (χ3v) is 7.35. The van der Waals surface area contributed by atoms with Gasteiger partial charge in [-0.15, -0.1) is 0 Å². The number of likely N-dealkylation sites (tertiary alicyclic amines) is 1. The van der Waals surface area contributed by atoms with E-state index in [0.717, 1.165) is 54.4 Å². The summed E-state index contributed by atoms with van der Waals surface area (Å²) in [5, 5.41) is 2.80. The molecular weight excluding hydrogens is 515 g/mol. The Morgan fingerprint density at radius 3 is 2.58 bits per heavy atom. The lowest BCUT2D eigenvalue weighted by atomic mass is 9.87. The summed E-state index contributed by atoms with van der Waals surface area (Å²) in [6, 6.07) is 14.7. The molecule has 9 heteroatoms. The smallest absolute Gasteiger partial charge is 0.322 e. The van der Waals surface area contributed by atoms with Gasteiger partial charge in [0.15, 0.2) is 0 Å². The van der Waals surface area contributed by atoms with Gasteiger partial charge in [0.25, 0.3) is 5.91 Å². The molecule has 0 radical (unpaired) electrons. The second-order valence-electron chi connectivity index (χ2n) is 10.3. The van der Waals surface area contributed by atoms with Gasteiger partial charge in [-0.2, -0.15) is 13.2 Å². The van der Waals surface area contributed by atoms with Crippen LogP contribution < -0.4 is 5.32 Å². The molecule has 0 aliphatic carbocycles. The molecule has 0 bridgehead atoms. The number of nitrogens with one attached hydrogen (secondary N) is 1. The van der Waals surface area contributed by atoms with Crippen LogP contribution in [0.3, 0.4) is 0 Å². The molecule has 1 aliphatic heterocycles. The second-order valence-corrected chi connectivity index (χ2v) is 10.3. The Labute approximate surface area is 231 Å². The van der Waals surface area contributed by atoms with E-state index in [4.69, 9.17) is 0 Å². The Morgan fingerprint density at radius 2 is 1.85 bits per heavy atom. The number of carbonyl (C=O) groups excluding carboxylic acids is 1. The minimum absolute atomic E-state index is 0.00150. The number of benzene rings is 2. The van der Waals surface area contributed by atoms with Gasteiger partial charge in [-0.25, -0.2) is 9.97 Å². The number of aromatic nitrogens is 3. The van der Waals surface area contributed by atoms with E-state index >= 15 is 0 Å². The highest BCUT2D eigenvalue weighted by molar-refractivity contribution is 6.04. The van der Waals surface area contributed by atoms with Crippen LogP contribution in [0.25, 0.3) is 11.3 Å².